The predicted octanol–water partition coefficient (Wildman–Crippen LogP) is 6.42. The fourth-order valence-corrected chi connectivity index (χ4v) is 5.72. The Labute approximate surface area is 190 Å². The second kappa shape index (κ2) is 7.70. The lowest BCUT2D eigenvalue weighted by Crippen LogP contribution is -2.25. The summed E-state index contributed by atoms with van der Waals surface area (Å²) in [5.41, 5.74) is 4.63. The van der Waals surface area contributed by atoms with Crippen LogP contribution in [0.2, 0.25) is 5.28 Å². The number of rotatable bonds is 4. The number of anilines is 2. The largest absolute Gasteiger partial charge is 0.493 e. The van der Waals surface area contributed by atoms with Gasteiger partial charge < -0.3 is 14.4 Å². The highest BCUT2D eigenvalue weighted by molar-refractivity contribution is 7.19. The monoisotopic (exact) mass is 451 g/mol. The first-order valence-electron chi connectivity index (χ1n) is 10.1. The molecular formula is C24H22ClN3O2S. The third-order valence-corrected chi connectivity index (χ3v) is 6.96. The van der Waals surface area contributed by atoms with Crippen LogP contribution in [0.15, 0.2) is 42.5 Å². The van der Waals surface area contributed by atoms with Crippen molar-refractivity contribution in [2.45, 2.75) is 26.3 Å². The molecule has 5 nitrogen and oxygen atoms in total. The Morgan fingerprint density at radius 2 is 1.84 bits per heavy atom. The Balaban J connectivity index is 1.79. The number of hydrogen-bond donors (Lipinski definition) is 0. The summed E-state index contributed by atoms with van der Waals surface area (Å²) >= 11 is 8.03. The van der Waals surface area contributed by atoms with E-state index < -0.39 is 0 Å². The molecule has 7 heteroatoms. The van der Waals surface area contributed by atoms with Crippen LogP contribution in [0.4, 0.5) is 11.5 Å². The number of benzene rings is 2. The van der Waals surface area contributed by atoms with Gasteiger partial charge in [0, 0.05) is 22.2 Å². The normalized spacial score (nSPS) is 15.4. The van der Waals surface area contributed by atoms with Gasteiger partial charge in [0.2, 0.25) is 5.28 Å². The zero-order chi connectivity index (χ0) is 21.7. The van der Waals surface area contributed by atoms with Crippen LogP contribution in [-0.2, 0) is 6.42 Å². The maximum atomic E-state index is 6.39. The van der Waals surface area contributed by atoms with Gasteiger partial charge in [-0.25, -0.2) is 4.98 Å². The summed E-state index contributed by atoms with van der Waals surface area (Å²) in [6.45, 7) is 4.33. The van der Waals surface area contributed by atoms with Crippen LogP contribution in [0.5, 0.6) is 11.5 Å². The summed E-state index contributed by atoms with van der Waals surface area (Å²) in [4.78, 5) is 13.6. The topological polar surface area (TPSA) is 47.5 Å². The minimum absolute atomic E-state index is 0.263. The van der Waals surface area contributed by atoms with Crippen LogP contribution in [0, 0.1) is 6.92 Å². The van der Waals surface area contributed by atoms with Crippen molar-refractivity contribution in [1.82, 2.24) is 9.97 Å². The fourth-order valence-electron chi connectivity index (χ4n) is 4.47. The van der Waals surface area contributed by atoms with Gasteiger partial charge in [0.1, 0.15) is 10.6 Å². The van der Waals surface area contributed by atoms with Crippen molar-refractivity contribution >= 4 is 44.7 Å². The number of hydrogen-bond acceptors (Lipinski definition) is 6. The third-order valence-electron chi connectivity index (χ3n) is 5.79. The SMILES string of the molecule is COc1ccc(-c2c(C)sc3nc(Cl)nc(N4c5ccccc5CC4C)c23)cc1OC. The van der Waals surface area contributed by atoms with E-state index in [1.54, 1.807) is 25.6 Å². The van der Waals surface area contributed by atoms with Crippen molar-refractivity contribution in [1.29, 1.82) is 0 Å². The van der Waals surface area contributed by atoms with Crippen molar-refractivity contribution in [3.8, 4) is 22.6 Å². The Morgan fingerprint density at radius 1 is 1.06 bits per heavy atom. The standard InChI is InChI=1S/C24H22ClN3O2S/c1-13-11-15-7-5-6-8-17(15)28(13)22-21-20(14(2)31-23(21)27-24(25)26-22)16-9-10-18(29-3)19(12-16)30-4/h5-10,12-13H,11H2,1-4H3. The molecule has 0 aliphatic carbocycles. The van der Waals surface area contributed by atoms with Crippen molar-refractivity contribution < 1.29 is 9.47 Å². The molecule has 4 aromatic rings. The van der Waals surface area contributed by atoms with Gasteiger partial charge in [-0.15, -0.1) is 11.3 Å². The predicted molar refractivity (Wildman–Crippen MR) is 127 cm³/mol. The van der Waals surface area contributed by atoms with E-state index in [0.29, 0.717) is 11.5 Å². The van der Waals surface area contributed by atoms with Gasteiger partial charge in [-0.2, -0.15) is 4.98 Å². The highest BCUT2D eigenvalue weighted by Crippen LogP contribution is 2.47. The molecule has 1 aliphatic heterocycles. The molecule has 0 fully saturated rings. The highest BCUT2D eigenvalue weighted by atomic mass is 35.5. The Hall–Kier alpha value is -2.83. The van der Waals surface area contributed by atoms with Gasteiger partial charge in [-0.1, -0.05) is 24.3 Å². The van der Waals surface area contributed by atoms with Gasteiger partial charge in [-0.05, 0) is 61.2 Å². The average Bonchev–Trinajstić information content (AvgIpc) is 3.27. The average molecular weight is 452 g/mol. The van der Waals surface area contributed by atoms with Crippen LogP contribution in [0.25, 0.3) is 21.3 Å². The number of thiophene rings is 1. The molecule has 2 aromatic heterocycles. The molecule has 0 amide bonds. The number of para-hydroxylation sites is 1. The quantitative estimate of drug-likeness (QED) is 0.335. The van der Waals surface area contributed by atoms with Crippen LogP contribution in [-0.4, -0.2) is 30.2 Å². The van der Waals surface area contributed by atoms with Gasteiger partial charge in [0.15, 0.2) is 11.5 Å². The molecule has 0 saturated carbocycles. The molecule has 5 rings (SSSR count). The number of halogens is 1. The van der Waals surface area contributed by atoms with Crippen molar-refractivity contribution in [2.24, 2.45) is 0 Å². The van der Waals surface area contributed by atoms with Crippen LogP contribution in [0.1, 0.15) is 17.4 Å². The van der Waals surface area contributed by atoms with E-state index in [-0.39, 0.29) is 11.3 Å². The van der Waals surface area contributed by atoms with Crippen molar-refractivity contribution in [3.05, 3.63) is 58.2 Å². The van der Waals surface area contributed by atoms with Gasteiger partial charge in [-0.3, -0.25) is 0 Å². The smallest absolute Gasteiger partial charge is 0.225 e. The molecule has 0 N–H and O–H groups in total. The van der Waals surface area contributed by atoms with Crippen molar-refractivity contribution in [2.75, 3.05) is 19.1 Å². The molecule has 0 bridgehead atoms. The number of aromatic nitrogens is 2. The van der Waals surface area contributed by atoms with Crippen LogP contribution >= 0.6 is 22.9 Å². The molecule has 3 heterocycles. The Morgan fingerprint density at radius 3 is 2.61 bits per heavy atom. The lowest BCUT2D eigenvalue weighted by atomic mass is 10.0. The first-order valence-corrected chi connectivity index (χ1v) is 11.3. The maximum Gasteiger partial charge on any atom is 0.225 e. The zero-order valence-electron chi connectivity index (χ0n) is 17.8. The van der Waals surface area contributed by atoms with E-state index in [2.05, 4.69) is 54.1 Å². The summed E-state index contributed by atoms with van der Waals surface area (Å²) in [6, 6.07) is 14.7. The number of fused-ring (bicyclic) bond motifs is 2. The van der Waals surface area contributed by atoms with E-state index in [0.717, 1.165) is 38.5 Å². The second-order valence-corrected chi connectivity index (χ2v) is 9.19. The van der Waals surface area contributed by atoms with Gasteiger partial charge >= 0.3 is 0 Å². The Kier molecular flexibility index (Phi) is 4.99. The molecule has 0 spiro atoms. The summed E-state index contributed by atoms with van der Waals surface area (Å²) < 4.78 is 11.0. The zero-order valence-corrected chi connectivity index (χ0v) is 19.3. The molecule has 0 radical (unpaired) electrons. The van der Waals surface area contributed by atoms with E-state index >= 15 is 0 Å². The van der Waals surface area contributed by atoms with E-state index in [1.807, 2.05) is 12.1 Å². The summed E-state index contributed by atoms with van der Waals surface area (Å²) in [6.07, 6.45) is 0.966. The fraction of sp³-hybridized carbons (Fsp3) is 0.250. The first-order chi connectivity index (χ1) is 15.0. The number of methoxy groups -OCH3 is 2. The molecular weight excluding hydrogens is 430 g/mol. The van der Waals surface area contributed by atoms with Gasteiger partial charge in [0.05, 0.1) is 19.6 Å². The summed E-state index contributed by atoms with van der Waals surface area (Å²) in [5.74, 6) is 2.24. The number of ether oxygens (including phenoxy) is 2. The molecule has 2 aromatic carbocycles. The maximum absolute atomic E-state index is 6.39. The summed E-state index contributed by atoms with van der Waals surface area (Å²) in [5, 5.41) is 1.28. The Bertz CT molecular complexity index is 1300. The molecule has 31 heavy (non-hydrogen) atoms. The molecule has 158 valence electrons. The van der Waals surface area contributed by atoms with Crippen LogP contribution in [0.3, 0.4) is 0 Å². The third kappa shape index (κ3) is 3.22. The number of aryl methyl sites for hydroxylation is 1. The van der Waals surface area contributed by atoms with E-state index in [9.17, 15) is 0 Å². The minimum Gasteiger partial charge on any atom is -0.493 e. The minimum atomic E-state index is 0.263. The lowest BCUT2D eigenvalue weighted by molar-refractivity contribution is 0.355. The summed E-state index contributed by atoms with van der Waals surface area (Å²) in [7, 11) is 3.29. The first kappa shape index (κ1) is 20.1. The molecule has 1 unspecified atom stereocenters. The van der Waals surface area contributed by atoms with Crippen LogP contribution < -0.4 is 14.4 Å². The molecule has 0 saturated heterocycles. The van der Waals surface area contributed by atoms with Crippen molar-refractivity contribution in [3.63, 3.8) is 0 Å². The van der Waals surface area contributed by atoms with E-state index in [1.165, 1.54) is 11.3 Å². The highest BCUT2D eigenvalue weighted by Gasteiger charge is 2.31. The van der Waals surface area contributed by atoms with Gasteiger partial charge in [0.25, 0.3) is 0 Å². The number of nitrogens with zero attached hydrogens (tertiary/aromatic N) is 3. The second-order valence-electron chi connectivity index (χ2n) is 7.65. The molecule has 1 atom stereocenters. The lowest BCUT2D eigenvalue weighted by Gasteiger charge is -2.25. The van der Waals surface area contributed by atoms with E-state index in [4.69, 9.17) is 26.1 Å². The molecule has 1 aliphatic rings.